The molecule has 1 aliphatic carbocycles. The third-order valence-corrected chi connectivity index (χ3v) is 7.49. The summed E-state index contributed by atoms with van der Waals surface area (Å²) in [5, 5.41) is 3.03. The zero-order valence-corrected chi connectivity index (χ0v) is 20.8. The van der Waals surface area contributed by atoms with Crippen molar-refractivity contribution in [3.8, 4) is 22.3 Å². The second-order valence-corrected chi connectivity index (χ2v) is 9.95. The molecule has 0 saturated heterocycles. The van der Waals surface area contributed by atoms with Crippen LogP contribution >= 0.6 is 0 Å². The number of H-pyrrole nitrogens is 1. The van der Waals surface area contributed by atoms with Gasteiger partial charge in [-0.25, -0.2) is 4.98 Å². The van der Waals surface area contributed by atoms with Crippen LogP contribution in [-0.4, -0.2) is 36.5 Å². The Morgan fingerprint density at radius 2 is 1.79 bits per heavy atom. The van der Waals surface area contributed by atoms with Crippen molar-refractivity contribution in [3.63, 3.8) is 0 Å². The molecule has 8 nitrogen and oxygen atoms in total. The minimum absolute atomic E-state index is 0.0180. The molecular formula is C30H25N7O. The molecule has 0 radical (unpaired) electrons. The Bertz CT molecular complexity index is 1720. The predicted molar refractivity (Wildman–Crippen MR) is 147 cm³/mol. The van der Waals surface area contributed by atoms with E-state index in [9.17, 15) is 4.79 Å². The quantitative estimate of drug-likeness (QED) is 0.321. The highest BCUT2D eigenvalue weighted by Crippen LogP contribution is 2.36. The highest BCUT2D eigenvalue weighted by atomic mass is 16.1. The van der Waals surface area contributed by atoms with Crippen LogP contribution in [0.25, 0.3) is 33.3 Å². The summed E-state index contributed by atoms with van der Waals surface area (Å²) in [5.41, 5.74) is 9.24. The summed E-state index contributed by atoms with van der Waals surface area (Å²) in [5.74, 6) is 0.912. The maximum absolute atomic E-state index is 12.4. The molecule has 1 aliphatic heterocycles. The second-order valence-electron chi connectivity index (χ2n) is 9.95. The SMILES string of the molecule is C[C@@H]1N=C(c2nc3c(-c4cccnc4)cncc3[nH]2)c2cc(-c3cncc(NC(=O)C4CCC4)c3)ccc21. The van der Waals surface area contributed by atoms with Gasteiger partial charge in [0.2, 0.25) is 5.91 Å². The van der Waals surface area contributed by atoms with Gasteiger partial charge in [-0.05, 0) is 49.1 Å². The number of imidazole rings is 1. The molecule has 2 N–H and O–H groups in total. The number of amides is 1. The van der Waals surface area contributed by atoms with Gasteiger partial charge in [-0.15, -0.1) is 0 Å². The van der Waals surface area contributed by atoms with Crippen LogP contribution in [-0.2, 0) is 4.79 Å². The lowest BCUT2D eigenvalue weighted by atomic mass is 9.85. The smallest absolute Gasteiger partial charge is 0.227 e. The summed E-state index contributed by atoms with van der Waals surface area (Å²) >= 11 is 0. The van der Waals surface area contributed by atoms with Crippen molar-refractivity contribution in [1.82, 2.24) is 24.9 Å². The molecule has 5 aromatic rings. The first-order valence-corrected chi connectivity index (χ1v) is 12.9. The van der Waals surface area contributed by atoms with Crippen LogP contribution in [0.15, 0.2) is 78.6 Å². The van der Waals surface area contributed by atoms with Crippen LogP contribution in [0.1, 0.15) is 49.2 Å². The molecule has 1 aromatic carbocycles. The molecule has 8 heteroatoms. The summed E-state index contributed by atoms with van der Waals surface area (Å²) in [6.45, 7) is 2.09. The molecular weight excluding hydrogens is 474 g/mol. The van der Waals surface area contributed by atoms with E-state index in [1.165, 1.54) is 0 Å². The second kappa shape index (κ2) is 8.99. The molecule has 0 unspecified atom stereocenters. The first-order chi connectivity index (χ1) is 18.6. The molecule has 4 aromatic heterocycles. The maximum atomic E-state index is 12.4. The number of nitrogens with one attached hydrogen (secondary N) is 2. The summed E-state index contributed by atoms with van der Waals surface area (Å²) in [7, 11) is 0. The fourth-order valence-corrected chi connectivity index (χ4v) is 5.19. The van der Waals surface area contributed by atoms with E-state index in [1.807, 2.05) is 36.8 Å². The van der Waals surface area contributed by atoms with Gasteiger partial charge in [-0.1, -0.05) is 24.6 Å². The predicted octanol–water partition coefficient (Wildman–Crippen LogP) is 5.73. The first kappa shape index (κ1) is 22.5. The number of hydrogen-bond acceptors (Lipinski definition) is 6. The van der Waals surface area contributed by atoms with Gasteiger partial charge in [0, 0.05) is 53.0 Å². The molecule has 186 valence electrons. The van der Waals surface area contributed by atoms with E-state index in [2.05, 4.69) is 50.4 Å². The van der Waals surface area contributed by atoms with Gasteiger partial charge >= 0.3 is 0 Å². The normalized spacial score (nSPS) is 16.7. The molecule has 0 bridgehead atoms. The summed E-state index contributed by atoms with van der Waals surface area (Å²) in [4.78, 5) is 38.9. The van der Waals surface area contributed by atoms with Gasteiger partial charge in [-0.3, -0.25) is 24.7 Å². The van der Waals surface area contributed by atoms with Gasteiger partial charge in [0.05, 0.1) is 29.6 Å². The monoisotopic (exact) mass is 499 g/mol. The van der Waals surface area contributed by atoms with E-state index in [0.29, 0.717) is 5.82 Å². The Kier molecular flexibility index (Phi) is 5.32. The van der Waals surface area contributed by atoms with Gasteiger partial charge in [0.15, 0.2) is 5.82 Å². The largest absolute Gasteiger partial charge is 0.335 e. The number of hydrogen-bond donors (Lipinski definition) is 2. The summed E-state index contributed by atoms with van der Waals surface area (Å²) in [6, 6.07) is 12.3. The third kappa shape index (κ3) is 3.85. The Balaban J connectivity index is 1.24. The van der Waals surface area contributed by atoms with Crippen molar-refractivity contribution in [3.05, 3.63) is 90.5 Å². The lowest BCUT2D eigenvalue weighted by molar-refractivity contribution is -0.122. The number of aliphatic imine (C=N–C) groups is 1. The Morgan fingerprint density at radius 1 is 0.921 bits per heavy atom. The lowest BCUT2D eigenvalue weighted by Gasteiger charge is -2.24. The molecule has 38 heavy (non-hydrogen) atoms. The highest BCUT2D eigenvalue weighted by molar-refractivity contribution is 6.15. The van der Waals surface area contributed by atoms with Gasteiger partial charge in [0.25, 0.3) is 0 Å². The van der Waals surface area contributed by atoms with Crippen molar-refractivity contribution in [2.24, 2.45) is 10.9 Å². The van der Waals surface area contributed by atoms with Crippen LogP contribution in [0.3, 0.4) is 0 Å². The number of fused-ring (bicyclic) bond motifs is 2. The van der Waals surface area contributed by atoms with E-state index in [0.717, 1.165) is 75.1 Å². The van der Waals surface area contributed by atoms with E-state index in [-0.39, 0.29) is 17.9 Å². The molecule has 1 fully saturated rings. The number of benzene rings is 1. The van der Waals surface area contributed by atoms with Crippen molar-refractivity contribution < 1.29 is 4.79 Å². The number of nitrogens with zero attached hydrogens (tertiary/aromatic N) is 5. The molecule has 1 amide bonds. The van der Waals surface area contributed by atoms with Crippen LogP contribution in [0, 0.1) is 5.92 Å². The number of rotatable bonds is 5. The first-order valence-electron chi connectivity index (χ1n) is 12.9. The summed E-state index contributed by atoms with van der Waals surface area (Å²) < 4.78 is 0. The zero-order valence-electron chi connectivity index (χ0n) is 20.8. The van der Waals surface area contributed by atoms with Gasteiger partial charge in [0.1, 0.15) is 11.2 Å². The number of carbonyl (C=O) groups is 1. The number of aromatic amines is 1. The number of carbonyl (C=O) groups excluding carboxylic acids is 1. The molecule has 1 saturated carbocycles. The van der Waals surface area contributed by atoms with E-state index < -0.39 is 0 Å². The number of aromatic nitrogens is 5. The molecule has 1 atom stereocenters. The van der Waals surface area contributed by atoms with Crippen molar-refractivity contribution in [2.45, 2.75) is 32.2 Å². The van der Waals surface area contributed by atoms with Crippen LogP contribution in [0.2, 0.25) is 0 Å². The van der Waals surface area contributed by atoms with Crippen molar-refractivity contribution in [2.75, 3.05) is 5.32 Å². The standard InChI is InChI=1S/C30H25N7O/c1-17-23-8-7-19(21-10-22(14-32-13-21)35-30(38)18-4-2-5-18)11-24(23)28(34-17)29-36-26-16-33-15-25(27(26)37-29)20-6-3-9-31-12-20/h3,6-18H,2,4-5H2,1H3,(H,35,38)(H,36,37)/t17-/m0/s1. The van der Waals surface area contributed by atoms with E-state index >= 15 is 0 Å². The molecule has 2 aliphatic rings. The highest BCUT2D eigenvalue weighted by Gasteiger charge is 2.27. The maximum Gasteiger partial charge on any atom is 0.227 e. The van der Waals surface area contributed by atoms with E-state index in [4.69, 9.17) is 9.98 Å². The molecule has 7 rings (SSSR count). The average molecular weight is 500 g/mol. The minimum Gasteiger partial charge on any atom is -0.335 e. The van der Waals surface area contributed by atoms with E-state index in [1.54, 1.807) is 18.6 Å². The molecule has 0 spiro atoms. The number of anilines is 1. The topological polar surface area (TPSA) is 109 Å². The Morgan fingerprint density at radius 3 is 2.61 bits per heavy atom. The fourth-order valence-electron chi connectivity index (χ4n) is 5.19. The van der Waals surface area contributed by atoms with Crippen LogP contribution in [0.4, 0.5) is 5.69 Å². The van der Waals surface area contributed by atoms with Gasteiger partial charge < -0.3 is 10.3 Å². The minimum atomic E-state index is 0.0180. The van der Waals surface area contributed by atoms with Gasteiger partial charge in [-0.2, -0.15) is 0 Å². The van der Waals surface area contributed by atoms with Crippen molar-refractivity contribution in [1.29, 1.82) is 0 Å². The zero-order chi connectivity index (χ0) is 25.6. The Labute approximate surface area is 219 Å². The Hall–Kier alpha value is -4.72. The van der Waals surface area contributed by atoms with Crippen LogP contribution < -0.4 is 5.32 Å². The summed E-state index contributed by atoms with van der Waals surface area (Å²) in [6.07, 6.45) is 13.8. The fraction of sp³-hybridized carbons (Fsp3) is 0.200. The molecule has 5 heterocycles. The lowest BCUT2D eigenvalue weighted by Crippen LogP contribution is -2.28. The third-order valence-electron chi connectivity index (χ3n) is 7.49. The average Bonchev–Trinajstić information content (AvgIpc) is 3.49. The van der Waals surface area contributed by atoms with Crippen LogP contribution in [0.5, 0.6) is 0 Å². The number of pyridine rings is 3. The van der Waals surface area contributed by atoms with Crippen molar-refractivity contribution >= 4 is 28.3 Å².